The largest absolute Gasteiger partial charge is 0.356 e. The molecular weight excluding hydrogens is 411 g/mol. The molecule has 0 bridgehead atoms. The van der Waals surface area contributed by atoms with Gasteiger partial charge in [0.05, 0.1) is 0 Å². The lowest BCUT2D eigenvalue weighted by Gasteiger charge is -2.12. The van der Waals surface area contributed by atoms with Crippen LogP contribution in [0.1, 0.15) is 17.6 Å². The van der Waals surface area contributed by atoms with Gasteiger partial charge in [-0.3, -0.25) is 4.99 Å². The van der Waals surface area contributed by atoms with E-state index in [9.17, 15) is 0 Å². The Hall–Kier alpha value is -1.16. The van der Waals surface area contributed by atoms with Crippen LogP contribution in [0.3, 0.4) is 0 Å². The number of aromatic nitrogens is 3. The molecule has 0 aliphatic heterocycles. The van der Waals surface area contributed by atoms with Crippen LogP contribution in [0.5, 0.6) is 0 Å². The van der Waals surface area contributed by atoms with E-state index in [1.807, 2.05) is 0 Å². The van der Waals surface area contributed by atoms with Crippen LogP contribution in [0, 0.1) is 0 Å². The lowest BCUT2D eigenvalue weighted by molar-refractivity contribution is 0.632. The van der Waals surface area contributed by atoms with Gasteiger partial charge in [0.15, 0.2) is 5.96 Å². The number of rotatable bonds is 7. The minimum atomic E-state index is 0. The summed E-state index contributed by atoms with van der Waals surface area (Å²) in [7, 11) is 1.79. The number of aliphatic imine (C=N–C) groups is 1. The first-order valence-corrected chi connectivity index (χ1v) is 8.05. The van der Waals surface area contributed by atoms with Crippen molar-refractivity contribution in [2.75, 3.05) is 20.1 Å². The molecule has 0 aliphatic carbocycles. The second-order valence-corrected chi connectivity index (χ2v) is 5.58. The average Bonchev–Trinajstić information content (AvgIpc) is 3.16. The minimum Gasteiger partial charge on any atom is -0.356 e. The zero-order valence-corrected chi connectivity index (χ0v) is 16.1. The highest BCUT2D eigenvalue weighted by atomic mass is 127. The van der Waals surface area contributed by atoms with Crippen LogP contribution in [-0.4, -0.2) is 40.9 Å². The molecule has 2 heterocycles. The summed E-state index contributed by atoms with van der Waals surface area (Å²) in [6, 6.07) is 4.23. The molecular formula is C14H23IN6S. The number of nitrogens with one attached hydrogen (secondary N) is 2. The number of thiophene rings is 1. The van der Waals surface area contributed by atoms with Crippen LogP contribution in [0.25, 0.3) is 0 Å². The number of guanidine groups is 1. The molecule has 2 aromatic rings. The van der Waals surface area contributed by atoms with Crippen LogP contribution in [0.4, 0.5) is 0 Å². The number of aryl methyl sites for hydroxylation is 1. The number of halogens is 1. The van der Waals surface area contributed by atoms with E-state index < -0.39 is 0 Å². The smallest absolute Gasteiger partial charge is 0.191 e. The molecule has 122 valence electrons. The monoisotopic (exact) mass is 434 g/mol. The van der Waals surface area contributed by atoms with Crippen molar-refractivity contribution in [3.63, 3.8) is 0 Å². The first-order chi connectivity index (χ1) is 10.3. The Balaban J connectivity index is 0.00000242. The molecule has 0 aromatic carbocycles. The van der Waals surface area contributed by atoms with Gasteiger partial charge in [-0.1, -0.05) is 13.0 Å². The summed E-state index contributed by atoms with van der Waals surface area (Å²) in [6.45, 7) is 4.59. The van der Waals surface area contributed by atoms with Crippen molar-refractivity contribution < 1.29 is 0 Å². The first-order valence-electron chi connectivity index (χ1n) is 7.17. The number of nitrogens with zero attached hydrogens (tertiary/aromatic N) is 4. The van der Waals surface area contributed by atoms with Crippen molar-refractivity contribution in [3.05, 3.63) is 34.5 Å². The molecule has 0 atom stereocenters. The molecule has 22 heavy (non-hydrogen) atoms. The van der Waals surface area contributed by atoms with E-state index in [0.717, 1.165) is 44.3 Å². The fourth-order valence-corrected chi connectivity index (χ4v) is 2.72. The lowest BCUT2D eigenvalue weighted by atomic mass is 10.3. The van der Waals surface area contributed by atoms with Crippen LogP contribution in [-0.2, 0) is 19.4 Å². The molecule has 2 N–H and O–H groups in total. The fraction of sp³-hybridized carbons (Fsp3) is 0.500. The van der Waals surface area contributed by atoms with Gasteiger partial charge in [-0.05, 0) is 17.9 Å². The molecule has 0 saturated heterocycles. The minimum absolute atomic E-state index is 0. The predicted octanol–water partition coefficient (Wildman–Crippen LogP) is 1.93. The number of hydrogen-bond donors (Lipinski definition) is 2. The van der Waals surface area contributed by atoms with E-state index in [1.54, 1.807) is 24.7 Å². The summed E-state index contributed by atoms with van der Waals surface area (Å²) < 4.78 is 2.06. The third kappa shape index (κ3) is 5.91. The highest BCUT2D eigenvalue weighted by Gasteiger charge is 2.02. The summed E-state index contributed by atoms with van der Waals surface area (Å²) in [6.07, 6.45) is 3.69. The summed E-state index contributed by atoms with van der Waals surface area (Å²) in [4.78, 5) is 5.61. The summed E-state index contributed by atoms with van der Waals surface area (Å²) in [5.41, 5.74) is 0. The maximum Gasteiger partial charge on any atom is 0.191 e. The molecule has 2 aromatic heterocycles. The number of hydrogen-bond acceptors (Lipinski definition) is 4. The highest BCUT2D eigenvalue weighted by Crippen LogP contribution is 2.07. The van der Waals surface area contributed by atoms with Gasteiger partial charge in [-0.25, -0.2) is 0 Å². The normalized spacial score (nSPS) is 11.1. The van der Waals surface area contributed by atoms with Crippen LogP contribution in [0.2, 0.25) is 0 Å². The van der Waals surface area contributed by atoms with E-state index in [0.29, 0.717) is 0 Å². The van der Waals surface area contributed by atoms with Crippen molar-refractivity contribution in [1.82, 2.24) is 25.4 Å². The Bertz CT molecular complexity index is 551. The Morgan fingerprint density at radius 3 is 2.86 bits per heavy atom. The molecule has 2 rings (SSSR count). The Morgan fingerprint density at radius 2 is 2.18 bits per heavy atom. The zero-order valence-electron chi connectivity index (χ0n) is 13.0. The summed E-state index contributed by atoms with van der Waals surface area (Å²) in [5, 5.41) is 16.7. The highest BCUT2D eigenvalue weighted by molar-refractivity contribution is 14.0. The quantitative estimate of drug-likeness (QED) is 0.397. The van der Waals surface area contributed by atoms with Gasteiger partial charge < -0.3 is 15.2 Å². The van der Waals surface area contributed by atoms with E-state index in [4.69, 9.17) is 0 Å². The molecule has 0 aliphatic rings. The molecule has 0 fully saturated rings. The summed E-state index contributed by atoms with van der Waals surface area (Å²) >= 11 is 1.78. The molecule has 0 radical (unpaired) electrons. The topological polar surface area (TPSA) is 67.1 Å². The lowest BCUT2D eigenvalue weighted by Crippen LogP contribution is -2.39. The van der Waals surface area contributed by atoms with Gasteiger partial charge in [0.25, 0.3) is 0 Å². The zero-order chi connectivity index (χ0) is 14.9. The van der Waals surface area contributed by atoms with Crippen molar-refractivity contribution in [3.8, 4) is 0 Å². The first kappa shape index (κ1) is 18.9. The second-order valence-electron chi connectivity index (χ2n) is 4.55. The van der Waals surface area contributed by atoms with Crippen LogP contribution < -0.4 is 10.6 Å². The Morgan fingerprint density at radius 1 is 1.36 bits per heavy atom. The second kappa shape index (κ2) is 10.5. The molecule has 8 heteroatoms. The molecule has 0 unspecified atom stereocenters. The Labute approximate surface area is 152 Å². The van der Waals surface area contributed by atoms with Crippen molar-refractivity contribution in [2.24, 2.45) is 4.99 Å². The van der Waals surface area contributed by atoms with Crippen LogP contribution >= 0.6 is 35.3 Å². The van der Waals surface area contributed by atoms with E-state index in [2.05, 4.69) is 54.8 Å². The van der Waals surface area contributed by atoms with Crippen LogP contribution in [0.15, 0.2) is 28.8 Å². The fourth-order valence-electron chi connectivity index (χ4n) is 2.01. The maximum absolute atomic E-state index is 4.23. The van der Waals surface area contributed by atoms with E-state index >= 15 is 0 Å². The van der Waals surface area contributed by atoms with Crippen molar-refractivity contribution in [1.29, 1.82) is 0 Å². The van der Waals surface area contributed by atoms with E-state index in [1.165, 1.54) is 4.88 Å². The standard InChI is InChI=1S/C14H22N6S.HI/c1-3-13-19-18-11-20(13)9-8-17-14(15-2)16-7-6-12-5-4-10-21-12;/h4-5,10-11H,3,6-9H2,1-2H3,(H2,15,16,17);1H. The van der Waals surface area contributed by atoms with Gasteiger partial charge in [0.1, 0.15) is 12.2 Å². The molecule has 0 saturated carbocycles. The predicted molar refractivity (Wildman–Crippen MR) is 102 cm³/mol. The van der Waals surface area contributed by atoms with Crippen molar-refractivity contribution >= 4 is 41.3 Å². The Kier molecular flexibility index (Phi) is 9.05. The third-order valence-corrected chi connectivity index (χ3v) is 4.06. The third-order valence-electron chi connectivity index (χ3n) is 3.12. The van der Waals surface area contributed by atoms with Crippen molar-refractivity contribution in [2.45, 2.75) is 26.3 Å². The van der Waals surface area contributed by atoms with Gasteiger partial charge >= 0.3 is 0 Å². The van der Waals surface area contributed by atoms with Gasteiger partial charge in [-0.15, -0.1) is 45.5 Å². The van der Waals surface area contributed by atoms with E-state index in [-0.39, 0.29) is 24.0 Å². The SMILES string of the molecule is CCc1nncn1CCNC(=NC)NCCc1cccs1.I. The van der Waals surface area contributed by atoms with Gasteiger partial charge in [0, 0.05) is 38.0 Å². The maximum atomic E-state index is 4.23. The molecule has 0 spiro atoms. The summed E-state index contributed by atoms with van der Waals surface area (Å²) in [5.74, 6) is 1.84. The average molecular weight is 434 g/mol. The van der Waals surface area contributed by atoms with Gasteiger partial charge in [-0.2, -0.15) is 0 Å². The molecule has 0 amide bonds. The van der Waals surface area contributed by atoms with Gasteiger partial charge in [0.2, 0.25) is 0 Å². The molecule has 6 nitrogen and oxygen atoms in total.